The second kappa shape index (κ2) is 5.45. The van der Waals surface area contributed by atoms with E-state index in [1.807, 2.05) is 0 Å². The third-order valence-electron chi connectivity index (χ3n) is 4.50. The predicted octanol–water partition coefficient (Wildman–Crippen LogP) is -0.139. The fraction of sp³-hybridized carbons (Fsp3) is 1.00. The number of likely N-dealkylation sites (tertiary alicyclic amines) is 1. The monoisotopic (exact) mass is 276 g/mol. The van der Waals surface area contributed by atoms with E-state index in [4.69, 9.17) is 10.5 Å². The molecule has 2 fully saturated rings. The second-order valence-electron chi connectivity index (χ2n) is 5.64. The zero-order valence-corrected chi connectivity index (χ0v) is 11.9. The predicted molar refractivity (Wildman–Crippen MR) is 71.2 cm³/mol. The first-order chi connectivity index (χ1) is 8.51. The highest BCUT2D eigenvalue weighted by molar-refractivity contribution is 7.91. The van der Waals surface area contributed by atoms with Gasteiger partial charge in [-0.3, -0.25) is 4.90 Å². The molecule has 106 valence electrons. The van der Waals surface area contributed by atoms with E-state index in [0.29, 0.717) is 25.3 Å². The van der Waals surface area contributed by atoms with Crippen molar-refractivity contribution in [2.75, 3.05) is 44.9 Å². The van der Waals surface area contributed by atoms with Crippen molar-refractivity contribution in [3.8, 4) is 0 Å². The Morgan fingerprint density at radius 1 is 1.39 bits per heavy atom. The molecule has 0 radical (unpaired) electrons. The van der Waals surface area contributed by atoms with Gasteiger partial charge in [-0.25, -0.2) is 8.42 Å². The van der Waals surface area contributed by atoms with E-state index in [9.17, 15) is 8.42 Å². The van der Waals surface area contributed by atoms with E-state index in [2.05, 4.69) is 4.90 Å². The molecular weight excluding hydrogens is 252 g/mol. The molecule has 18 heavy (non-hydrogen) atoms. The molecule has 1 atom stereocenters. The highest BCUT2D eigenvalue weighted by Crippen LogP contribution is 2.33. The fourth-order valence-electron chi connectivity index (χ4n) is 3.20. The van der Waals surface area contributed by atoms with Crippen LogP contribution in [0.3, 0.4) is 0 Å². The minimum absolute atomic E-state index is 0.0895. The Labute approximate surface area is 110 Å². The minimum Gasteiger partial charge on any atom is -0.384 e. The Kier molecular flexibility index (Phi) is 4.31. The van der Waals surface area contributed by atoms with E-state index >= 15 is 0 Å². The van der Waals surface area contributed by atoms with Gasteiger partial charge < -0.3 is 10.5 Å². The number of nitrogens with two attached hydrogens (primary N) is 1. The summed E-state index contributed by atoms with van der Waals surface area (Å²) >= 11 is 0. The summed E-state index contributed by atoms with van der Waals surface area (Å²) in [5, 5.41) is 0. The van der Waals surface area contributed by atoms with Crippen LogP contribution in [0.5, 0.6) is 0 Å². The number of hydrogen-bond acceptors (Lipinski definition) is 5. The highest BCUT2D eigenvalue weighted by Gasteiger charge is 2.43. The largest absolute Gasteiger partial charge is 0.384 e. The molecule has 2 aliphatic heterocycles. The molecule has 0 aliphatic carbocycles. The lowest BCUT2D eigenvalue weighted by molar-refractivity contribution is 0.0941. The SMILES string of the molecule is COCC1CCN(C2(CN)CCS(=O)(=O)CC2)C1. The smallest absolute Gasteiger partial charge is 0.150 e. The number of sulfone groups is 1. The summed E-state index contributed by atoms with van der Waals surface area (Å²) in [7, 11) is -1.09. The Balaban J connectivity index is 2.01. The topological polar surface area (TPSA) is 72.6 Å². The standard InChI is InChI=1S/C12H24N2O3S/c1-17-9-11-2-5-14(8-11)12(10-13)3-6-18(15,16)7-4-12/h11H,2-10,13H2,1H3. The van der Waals surface area contributed by atoms with Gasteiger partial charge in [0.1, 0.15) is 9.84 Å². The molecular formula is C12H24N2O3S. The van der Waals surface area contributed by atoms with Crippen molar-refractivity contribution < 1.29 is 13.2 Å². The van der Waals surface area contributed by atoms with Gasteiger partial charge >= 0.3 is 0 Å². The first kappa shape index (κ1) is 14.2. The van der Waals surface area contributed by atoms with Gasteiger partial charge in [-0.05, 0) is 31.7 Å². The molecule has 5 nitrogen and oxygen atoms in total. The number of methoxy groups -OCH3 is 1. The van der Waals surface area contributed by atoms with Crippen molar-refractivity contribution in [1.82, 2.24) is 4.90 Å². The van der Waals surface area contributed by atoms with Gasteiger partial charge in [0, 0.05) is 25.7 Å². The Morgan fingerprint density at radius 2 is 2.06 bits per heavy atom. The Morgan fingerprint density at radius 3 is 2.61 bits per heavy atom. The average molecular weight is 276 g/mol. The zero-order chi connectivity index (χ0) is 13.2. The second-order valence-corrected chi connectivity index (χ2v) is 7.94. The maximum atomic E-state index is 11.6. The summed E-state index contributed by atoms with van der Waals surface area (Å²) in [6.45, 7) is 3.36. The summed E-state index contributed by atoms with van der Waals surface area (Å²) in [5.74, 6) is 1.14. The normalized spacial score (nSPS) is 31.6. The molecule has 6 heteroatoms. The van der Waals surface area contributed by atoms with Gasteiger partial charge in [0.15, 0.2) is 0 Å². The lowest BCUT2D eigenvalue weighted by Gasteiger charge is -2.44. The van der Waals surface area contributed by atoms with Crippen LogP contribution in [0.15, 0.2) is 0 Å². The molecule has 0 saturated carbocycles. The van der Waals surface area contributed by atoms with E-state index in [1.54, 1.807) is 7.11 Å². The summed E-state index contributed by atoms with van der Waals surface area (Å²) in [4.78, 5) is 2.41. The van der Waals surface area contributed by atoms with Crippen molar-refractivity contribution in [1.29, 1.82) is 0 Å². The van der Waals surface area contributed by atoms with E-state index < -0.39 is 9.84 Å². The summed E-state index contributed by atoms with van der Waals surface area (Å²) in [5.41, 5.74) is 5.87. The van der Waals surface area contributed by atoms with Crippen molar-refractivity contribution in [3.05, 3.63) is 0 Å². The molecule has 0 spiro atoms. The highest BCUT2D eigenvalue weighted by atomic mass is 32.2. The Hall–Kier alpha value is -0.170. The molecule has 0 aromatic heterocycles. The van der Waals surface area contributed by atoms with Gasteiger partial charge in [-0.2, -0.15) is 0 Å². The lowest BCUT2D eigenvalue weighted by atomic mass is 9.90. The van der Waals surface area contributed by atoms with Gasteiger partial charge in [-0.1, -0.05) is 0 Å². The lowest BCUT2D eigenvalue weighted by Crippen LogP contribution is -2.57. The van der Waals surface area contributed by atoms with Crippen LogP contribution in [0.2, 0.25) is 0 Å². The molecule has 2 N–H and O–H groups in total. The summed E-state index contributed by atoms with van der Waals surface area (Å²) in [6, 6.07) is 0. The molecule has 0 amide bonds. The summed E-state index contributed by atoms with van der Waals surface area (Å²) < 4.78 is 28.3. The maximum Gasteiger partial charge on any atom is 0.150 e. The molecule has 2 saturated heterocycles. The third-order valence-corrected chi connectivity index (χ3v) is 6.15. The summed E-state index contributed by atoms with van der Waals surface area (Å²) in [6.07, 6.45) is 2.50. The van der Waals surface area contributed by atoms with Crippen molar-refractivity contribution in [3.63, 3.8) is 0 Å². The van der Waals surface area contributed by atoms with Crippen LogP contribution in [-0.2, 0) is 14.6 Å². The zero-order valence-electron chi connectivity index (χ0n) is 11.1. The van der Waals surface area contributed by atoms with Crippen LogP contribution in [0.1, 0.15) is 19.3 Å². The van der Waals surface area contributed by atoms with Crippen molar-refractivity contribution >= 4 is 9.84 Å². The van der Waals surface area contributed by atoms with Crippen LogP contribution in [-0.4, -0.2) is 63.7 Å². The van der Waals surface area contributed by atoms with Crippen molar-refractivity contribution in [2.45, 2.75) is 24.8 Å². The first-order valence-electron chi connectivity index (χ1n) is 6.66. The number of rotatable bonds is 4. The molecule has 2 rings (SSSR count). The molecule has 2 heterocycles. The van der Waals surface area contributed by atoms with Crippen LogP contribution in [0.4, 0.5) is 0 Å². The van der Waals surface area contributed by atoms with Crippen LogP contribution < -0.4 is 5.73 Å². The number of ether oxygens (including phenoxy) is 1. The van der Waals surface area contributed by atoms with E-state index in [-0.39, 0.29) is 17.0 Å². The third kappa shape index (κ3) is 2.87. The number of nitrogens with zero attached hydrogens (tertiary/aromatic N) is 1. The van der Waals surface area contributed by atoms with E-state index in [0.717, 1.165) is 26.1 Å². The van der Waals surface area contributed by atoms with Crippen LogP contribution in [0, 0.1) is 5.92 Å². The number of hydrogen-bond donors (Lipinski definition) is 1. The molecule has 2 aliphatic rings. The van der Waals surface area contributed by atoms with Gasteiger partial charge in [-0.15, -0.1) is 0 Å². The average Bonchev–Trinajstić information content (AvgIpc) is 2.80. The van der Waals surface area contributed by atoms with E-state index in [1.165, 1.54) is 0 Å². The Bertz CT molecular complexity index is 369. The van der Waals surface area contributed by atoms with Gasteiger partial charge in [0.2, 0.25) is 0 Å². The fourth-order valence-corrected chi connectivity index (χ4v) is 4.79. The van der Waals surface area contributed by atoms with Gasteiger partial charge in [0.25, 0.3) is 0 Å². The first-order valence-corrected chi connectivity index (χ1v) is 8.48. The quantitative estimate of drug-likeness (QED) is 0.774. The maximum absolute atomic E-state index is 11.6. The van der Waals surface area contributed by atoms with Crippen LogP contribution in [0.25, 0.3) is 0 Å². The molecule has 0 bridgehead atoms. The molecule has 0 aromatic carbocycles. The van der Waals surface area contributed by atoms with Gasteiger partial charge in [0.05, 0.1) is 18.1 Å². The van der Waals surface area contributed by atoms with Crippen LogP contribution >= 0.6 is 0 Å². The molecule has 0 aromatic rings. The minimum atomic E-state index is -2.82. The molecule has 1 unspecified atom stereocenters. The van der Waals surface area contributed by atoms with Crippen molar-refractivity contribution in [2.24, 2.45) is 11.7 Å².